The molecule has 1 aromatic heterocycles. The number of carbonyl (C=O) groups is 2. The summed E-state index contributed by atoms with van der Waals surface area (Å²) >= 11 is 4.88. The van der Waals surface area contributed by atoms with E-state index in [1.165, 1.54) is 16.2 Å². The lowest BCUT2D eigenvalue weighted by Crippen LogP contribution is -2.29. The lowest BCUT2D eigenvalue weighted by molar-refractivity contribution is -0.132. The molecule has 0 radical (unpaired) electrons. The minimum absolute atomic E-state index is 0.0437. The molecule has 3 aromatic carbocycles. The second kappa shape index (κ2) is 8.82. The van der Waals surface area contributed by atoms with Gasteiger partial charge in [0.15, 0.2) is 5.13 Å². The monoisotopic (exact) mass is 574 g/mol. The zero-order valence-corrected chi connectivity index (χ0v) is 22.8. The van der Waals surface area contributed by atoms with Crippen LogP contribution in [0.4, 0.5) is 5.13 Å². The quantitative estimate of drug-likeness (QED) is 0.169. The summed E-state index contributed by atoms with van der Waals surface area (Å²) in [6.45, 7) is 5.98. The van der Waals surface area contributed by atoms with Crippen LogP contribution in [-0.2, 0) is 16.0 Å². The molecule has 1 fully saturated rings. The van der Waals surface area contributed by atoms with Crippen LogP contribution in [0.25, 0.3) is 16.0 Å². The molecule has 2 aliphatic rings. The first-order valence-electron chi connectivity index (χ1n) is 12.0. The number of halogens is 1. The number of rotatable bonds is 3. The van der Waals surface area contributed by atoms with Crippen molar-refractivity contribution in [3.05, 3.63) is 92.5 Å². The number of nitrogens with zero attached hydrogens (tertiary/aromatic N) is 2. The van der Waals surface area contributed by atoms with Crippen molar-refractivity contribution in [1.29, 1.82) is 0 Å². The van der Waals surface area contributed by atoms with E-state index < -0.39 is 17.7 Å². The Morgan fingerprint density at radius 2 is 1.95 bits per heavy atom. The number of fused-ring (bicyclic) bond motifs is 2. The summed E-state index contributed by atoms with van der Waals surface area (Å²) in [6, 6.07) is 16.0. The van der Waals surface area contributed by atoms with Gasteiger partial charge in [0, 0.05) is 16.5 Å². The van der Waals surface area contributed by atoms with Crippen LogP contribution < -0.4 is 9.64 Å². The topological polar surface area (TPSA) is 79.7 Å². The van der Waals surface area contributed by atoms with Gasteiger partial charge in [0.05, 0.1) is 21.8 Å². The van der Waals surface area contributed by atoms with Crippen molar-refractivity contribution in [3.63, 3.8) is 0 Å². The highest BCUT2D eigenvalue weighted by Gasteiger charge is 2.48. The zero-order chi connectivity index (χ0) is 26.0. The number of aryl methyl sites for hydroxylation is 2. The Labute approximate surface area is 226 Å². The summed E-state index contributed by atoms with van der Waals surface area (Å²) in [5.74, 6) is -0.882. The summed E-state index contributed by atoms with van der Waals surface area (Å²) in [4.78, 5) is 33.3. The molecular weight excluding hydrogens is 552 g/mol. The van der Waals surface area contributed by atoms with Crippen molar-refractivity contribution < 1.29 is 19.4 Å². The minimum atomic E-state index is -0.831. The molecule has 37 heavy (non-hydrogen) atoms. The van der Waals surface area contributed by atoms with Gasteiger partial charge in [-0.25, -0.2) is 4.98 Å². The maximum absolute atomic E-state index is 13.5. The average molecular weight is 575 g/mol. The summed E-state index contributed by atoms with van der Waals surface area (Å²) in [5.41, 5.74) is 5.08. The van der Waals surface area contributed by atoms with Gasteiger partial charge in [0.25, 0.3) is 5.78 Å². The lowest BCUT2D eigenvalue weighted by Gasteiger charge is -2.23. The van der Waals surface area contributed by atoms with Crippen LogP contribution in [0.1, 0.15) is 40.8 Å². The number of hydrogen-bond donors (Lipinski definition) is 1. The van der Waals surface area contributed by atoms with E-state index in [1.54, 1.807) is 12.1 Å². The van der Waals surface area contributed by atoms with Crippen LogP contribution in [0.2, 0.25) is 0 Å². The molecule has 1 saturated heterocycles. The lowest BCUT2D eigenvalue weighted by atomic mass is 9.94. The number of thiazole rings is 1. The van der Waals surface area contributed by atoms with Gasteiger partial charge >= 0.3 is 5.91 Å². The maximum Gasteiger partial charge on any atom is 0.301 e. The zero-order valence-electron chi connectivity index (χ0n) is 20.4. The molecule has 6 nitrogen and oxygen atoms in total. The van der Waals surface area contributed by atoms with E-state index in [0.717, 1.165) is 37.1 Å². The van der Waals surface area contributed by atoms with E-state index in [2.05, 4.69) is 15.9 Å². The standard InChI is InChI=1S/C29H23BrN2O4S/c1-14-9-15(2)24-22(10-14)37-29(31-24)32-25(17-5-4-6-20(30)13-17)23(27(34)28(32)35)26(33)18-7-8-21-19(12-18)11-16(3)36-21/h4-10,12-13,16,25,33H,11H2,1-3H3/t16-,25+/m0/s1. The van der Waals surface area contributed by atoms with Gasteiger partial charge in [-0.05, 0) is 79.4 Å². The molecule has 4 aromatic rings. The summed E-state index contributed by atoms with van der Waals surface area (Å²) < 4.78 is 7.53. The number of aromatic nitrogens is 1. The van der Waals surface area contributed by atoms with Gasteiger partial charge in [0.1, 0.15) is 17.6 Å². The van der Waals surface area contributed by atoms with Crippen molar-refractivity contribution in [2.75, 3.05) is 4.90 Å². The van der Waals surface area contributed by atoms with E-state index in [9.17, 15) is 14.7 Å². The number of carbonyl (C=O) groups excluding carboxylic acids is 2. The molecule has 0 unspecified atom stereocenters. The Morgan fingerprint density at radius 1 is 1.14 bits per heavy atom. The maximum atomic E-state index is 13.5. The number of benzene rings is 3. The molecule has 1 amide bonds. The second-order valence-electron chi connectivity index (χ2n) is 9.60. The Kier molecular flexibility index (Phi) is 5.69. The first kappa shape index (κ1) is 23.9. The molecule has 2 aliphatic heterocycles. The van der Waals surface area contributed by atoms with Gasteiger partial charge in [-0.3, -0.25) is 14.5 Å². The summed E-state index contributed by atoms with van der Waals surface area (Å²) in [5, 5.41) is 11.9. The van der Waals surface area contributed by atoms with Crippen molar-refractivity contribution >= 4 is 60.1 Å². The molecule has 0 saturated carbocycles. The van der Waals surface area contributed by atoms with E-state index in [0.29, 0.717) is 22.7 Å². The van der Waals surface area contributed by atoms with E-state index in [-0.39, 0.29) is 17.4 Å². The number of hydrogen-bond acceptors (Lipinski definition) is 6. The van der Waals surface area contributed by atoms with Gasteiger partial charge < -0.3 is 9.84 Å². The fourth-order valence-electron chi connectivity index (χ4n) is 5.21. The predicted octanol–water partition coefficient (Wildman–Crippen LogP) is 6.63. The molecule has 1 N–H and O–H groups in total. The van der Waals surface area contributed by atoms with Gasteiger partial charge in [-0.15, -0.1) is 0 Å². The molecule has 0 aliphatic carbocycles. The average Bonchev–Trinajstić information content (AvgIpc) is 3.51. The molecule has 0 bridgehead atoms. The molecule has 3 heterocycles. The van der Waals surface area contributed by atoms with Gasteiger partial charge in [-0.2, -0.15) is 0 Å². The smallest absolute Gasteiger partial charge is 0.301 e. The van der Waals surface area contributed by atoms with Crippen LogP contribution in [0, 0.1) is 13.8 Å². The Hall–Kier alpha value is -3.49. The van der Waals surface area contributed by atoms with E-state index in [1.807, 2.05) is 63.2 Å². The number of aliphatic hydroxyl groups is 1. The van der Waals surface area contributed by atoms with Gasteiger partial charge in [0.2, 0.25) is 0 Å². The Morgan fingerprint density at radius 3 is 2.73 bits per heavy atom. The number of ether oxygens (including phenoxy) is 1. The fourth-order valence-corrected chi connectivity index (χ4v) is 6.79. The van der Waals surface area contributed by atoms with Gasteiger partial charge in [-0.1, -0.05) is 45.5 Å². The third-order valence-corrected chi connectivity index (χ3v) is 8.30. The molecule has 0 spiro atoms. The van der Waals surface area contributed by atoms with E-state index >= 15 is 0 Å². The van der Waals surface area contributed by atoms with Crippen LogP contribution in [0.15, 0.2) is 64.6 Å². The van der Waals surface area contributed by atoms with Crippen LogP contribution in [0.3, 0.4) is 0 Å². The summed E-state index contributed by atoms with van der Waals surface area (Å²) in [7, 11) is 0. The Balaban J connectivity index is 1.55. The number of anilines is 1. The van der Waals surface area contributed by atoms with Crippen molar-refractivity contribution in [3.8, 4) is 5.75 Å². The molecule has 8 heteroatoms. The van der Waals surface area contributed by atoms with Crippen LogP contribution >= 0.6 is 27.3 Å². The van der Waals surface area contributed by atoms with Crippen molar-refractivity contribution in [1.82, 2.24) is 4.98 Å². The number of amides is 1. The number of aliphatic hydroxyl groups excluding tert-OH is 1. The normalized spacial score (nSPS) is 20.5. The molecule has 6 rings (SSSR count). The predicted molar refractivity (Wildman–Crippen MR) is 148 cm³/mol. The van der Waals surface area contributed by atoms with Crippen molar-refractivity contribution in [2.45, 2.75) is 39.3 Å². The molecule has 186 valence electrons. The largest absolute Gasteiger partial charge is 0.507 e. The first-order chi connectivity index (χ1) is 17.7. The van der Waals surface area contributed by atoms with Crippen LogP contribution in [0.5, 0.6) is 5.75 Å². The highest BCUT2D eigenvalue weighted by atomic mass is 79.9. The second-order valence-corrected chi connectivity index (χ2v) is 11.5. The Bertz CT molecular complexity index is 1660. The highest BCUT2D eigenvalue weighted by Crippen LogP contribution is 2.45. The minimum Gasteiger partial charge on any atom is -0.507 e. The molecule has 2 atom stereocenters. The fraction of sp³-hybridized carbons (Fsp3) is 0.207. The van der Waals surface area contributed by atoms with Crippen LogP contribution in [-0.4, -0.2) is 27.9 Å². The summed E-state index contributed by atoms with van der Waals surface area (Å²) in [6.07, 6.45) is 0.760. The highest BCUT2D eigenvalue weighted by molar-refractivity contribution is 9.10. The molecular formula is C29H23BrN2O4S. The first-order valence-corrected chi connectivity index (χ1v) is 13.6. The number of Topliss-reactive ketones (excluding diaryl/α,β-unsaturated/α-hetero) is 1. The SMILES string of the molecule is Cc1cc(C)c2nc(N3C(=O)C(=O)C(=C(O)c4ccc5c(c4)C[C@H](C)O5)[C@H]3c3cccc(Br)c3)sc2c1. The number of ketones is 1. The third kappa shape index (κ3) is 3.95. The van der Waals surface area contributed by atoms with Crippen molar-refractivity contribution in [2.24, 2.45) is 0 Å². The third-order valence-electron chi connectivity index (χ3n) is 6.80. The van der Waals surface area contributed by atoms with E-state index in [4.69, 9.17) is 9.72 Å².